The quantitative estimate of drug-likeness (QED) is 0.878. The van der Waals surface area contributed by atoms with Gasteiger partial charge in [-0.05, 0) is 36.1 Å². The molecule has 2 aliphatic heterocycles. The highest BCUT2D eigenvalue weighted by Gasteiger charge is 2.31. The maximum absolute atomic E-state index is 12.7. The summed E-state index contributed by atoms with van der Waals surface area (Å²) in [4.78, 5) is 39.0. The van der Waals surface area contributed by atoms with Crippen molar-refractivity contribution < 1.29 is 14.4 Å². The molecule has 0 saturated heterocycles. The van der Waals surface area contributed by atoms with Gasteiger partial charge in [-0.2, -0.15) is 0 Å². The van der Waals surface area contributed by atoms with Crippen molar-refractivity contribution in [3.05, 3.63) is 59.7 Å². The number of anilines is 2. The van der Waals surface area contributed by atoms with Crippen molar-refractivity contribution in [1.82, 2.24) is 5.32 Å². The van der Waals surface area contributed by atoms with E-state index in [9.17, 15) is 14.4 Å². The highest BCUT2D eigenvalue weighted by Crippen LogP contribution is 2.32. The number of fused-ring (bicyclic) bond motifs is 2. The summed E-state index contributed by atoms with van der Waals surface area (Å²) < 4.78 is 0. The van der Waals surface area contributed by atoms with Crippen LogP contribution in [-0.4, -0.2) is 30.8 Å². The van der Waals surface area contributed by atoms with Crippen molar-refractivity contribution in [2.75, 3.05) is 23.3 Å². The topological polar surface area (TPSA) is 78.5 Å². The third-order valence-corrected chi connectivity index (χ3v) is 5.14. The smallest absolute Gasteiger partial charge is 0.246 e. The fourth-order valence-corrected chi connectivity index (χ4v) is 3.82. The first-order valence-corrected chi connectivity index (χ1v) is 9.18. The van der Waals surface area contributed by atoms with Gasteiger partial charge in [-0.1, -0.05) is 36.4 Å². The lowest BCUT2D eigenvalue weighted by molar-refractivity contribution is -0.128. The molecule has 2 aromatic carbocycles. The first-order valence-electron chi connectivity index (χ1n) is 9.18. The second-order valence-corrected chi connectivity index (χ2v) is 6.89. The third-order valence-electron chi connectivity index (χ3n) is 5.14. The summed E-state index contributed by atoms with van der Waals surface area (Å²) in [6, 6.07) is 15.1. The summed E-state index contributed by atoms with van der Waals surface area (Å²) in [6.45, 7) is 0.577. The van der Waals surface area contributed by atoms with Crippen LogP contribution >= 0.6 is 0 Å². The van der Waals surface area contributed by atoms with E-state index in [2.05, 4.69) is 10.6 Å². The van der Waals surface area contributed by atoms with E-state index in [1.165, 1.54) is 0 Å². The zero-order valence-electron chi connectivity index (χ0n) is 14.9. The van der Waals surface area contributed by atoms with Crippen LogP contribution in [0.4, 0.5) is 11.4 Å². The van der Waals surface area contributed by atoms with Crippen LogP contribution in [0.2, 0.25) is 0 Å². The number of hydrogen-bond donors (Lipinski definition) is 2. The number of hydrogen-bond acceptors (Lipinski definition) is 3. The largest absolute Gasteiger partial charge is 0.346 e. The summed E-state index contributed by atoms with van der Waals surface area (Å²) in [7, 11) is 0. The monoisotopic (exact) mass is 363 g/mol. The summed E-state index contributed by atoms with van der Waals surface area (Å²) in [6.07, 6.45) is 1.96. The van der Waals surface area contributed by atoms with E-state index in [0.717, 1.165) is 29.7 Å². The normalized spacial score (nSPS) is 18.1. The minimum Gasteiger partial charge on any atom is -0.346 e. The zero-order valence-corrected chi connectivity index (χ0v) is 14.9. The van der Waals surface area contributed by atoms with Gasteiger partial charge in [-0.3, -0.25) is 14.4 Å². The van der Waals surface area contributed by atoms with Crippen molar-refractivity contribution in [2.45, 2.75) is 25.2 Å². The Labute approximate surface area is 157 Å². The molecule has 27 heavy (non-hydrogen) atoms. The van der Waals surface area contributed by atoms with Crippen LogP contribution in [0, 0.1) is 0 Å². The summed E-state index contributed by atoms with van der Waals surface area (Å²) in [5, 5.41) is 5.51. The van der Waals surface area contributed by atoms with Gasteiger partial charge in [0.05, 0.1) is 12.5 Å². The van der Waals surface area contributed by atoms with E-state index in [1.807, 2.05) is 42.5 Å². The van der Waals surface area contributed by atoms with Crippen LogP contribution in [0.25, 0.3) is 0 Å². The Bertz CT molecular complexity index is 909. The molecule has 138 valence electrons. The molecule has 0 spiro atoms. The van der Waals surface area contributed by atoms with Gasteiger partial charge >= 0.3 is 0 Å². The number of nitrogens with zero attached hydrogens (tertiary/aromatic N) is 1. The SMILES string of the molecule is O=C1CC(C(=O)NCC(=O)N2CCCc3ccccc32)c2ccccc2N1. The molecule has 1 unspecified atom stereocenters. The Morgan fingerprint density at radius 1 is 1.11 bits per heavy atom. The number of carbonyl (C=O) groups is 3. The van der Waals surface area contributed by atoms with Gasteiger partial charge in [-0.15, -0.1) is 0 Å². The molecule has 1 atom stereocenters. The zero-order chi connectivity index (χ0) is 18.8. The lowest BCUT2D eigenvalue weighted by atomic mass is 9.90. The van der Waals surface area contributed by atoms with Gasteiger partial charge in [0.1, 0.15) is 0 Å². The maximum Gasteiger partial charge on any atom is 0.246 e. The molecule has 0 radical (unpaired) electrons. The Morgan fingerprint density at radius 2 is 1.89 bits per heavy atom. The molecule has 0 aromatic heterocycles. The van der Waals surface area contributed by atoms with Gasteiger partial charge in [0.2, 0.25) is 17.7 Å². The summed E-state index contributed by atoms with van der Waals surface area (Å²) in [5.41, 5.74) is 3.52. The molecular weight excluding hydrogens is 342 g/mol. The molecular formula is C21H21N3O3. The molecule has 2 aliphatic rings. The average Bonchev–Trinajstić information content (AvgIpc) is 2.70. The number of aryl methyl sites for hydroxylation is 1. The molecule has 6 nitrogen and oxygen atoms in total. The predicted octanol–water partition coefficient (Wildman–Crippen LogP) is 2.21. The lowest BCUT2D eigenvalue weighted by Gasteiger charge is -2.30. The highest BCUT2D eigenvalue weighted by atomic mass is 16.2. The minimum absolute atomic E-state index is 0.0759. The van der Waals surface area contributed by atoms with Crippen LogP contribution < -0.4 is 15.5 Å². The molecule has 0 saturated carbocycles. The Hall–Kier alpha value is -3.15. The Kier molecular flexibility index (Phi) is 4.62. The number of amides is 3. The summed E-state index contributed by atoms with van der Waals surface area (Å²) >= 11 is 0. The van der Waals surface area contributed by atoms with Gasteiger partial charge < -0.3 is 15.5 Å². The first-order chi connectivity index (χ1) is 13.1. The fraction of sp³-hybridized carbons (Fsp3) is 0.286. The van der Waals surface area contributed by atoms with E-state index >= 15 is 0 Å². The van der Waals surface area contributed by atoms with Crippen LogP contribution in [0.1, 0.15) is 29.9 Å². The minimum atomic E-state index is -0.573. The van der Waals surface area contributed by atoms with E-state index in [4.69, 9.17) is 0 Å². The first kappa shape index (κ1) is 17.3. The van der Waals surface area contributed by atoms with E-state index in [-0.39, 0.29) is 30.7 Å². The van der Waals surface area contributed by atoms with Crippen molar-refractivity contribution in [2.24, 2.45) is 0 Å². The maximum atomic E-state index is 12.7. The highest BCUT2D eigenvalue weighted by molar-refractivity contribution is 6.03. The molecule has 0 fully saturated rings. The van der Waals surface area contributed by atoms with E-state index < -0.39 is 5.92 Å². The standard InChI is InChI=1S/C21H21N3O3/c25-19-12-16(15-8-2-3-9-17(15)23-19)21(27)22-13-20(26)24-11-5-7-14-6-1-4-10-18(14)24/h1-4,6,8-10,16H,5,7,11-13H2,(H,22,27)(H,23,25). The Balaban J connectivity index is 1.45. The molecule has 2 N–H and O–H groups in total. The van der Waals surface area contributed by atoms with Gasteiger partial charge in [0.15, 0.2) is 0 Å². The van der Waals surface area contributed by atoms with Gasteiger partial charge in [-0.25, -0.2) is 0 Å². The molecule has 6 heteroatoms. The predicted molar refractivity (Wildman–Crippen MR) is 103 cm³/mol. The molecule has 2 aromatic rings. The van der Waals surface area contributed by atoms with Crippen LogP contribution in [0.5, 0.6) is 0 Å². The molecule has 3 amide bonds. The van der Waals surface area contributed by atoms with Crippen molar-refractivity contribution in [3.8, 4) is 0 Å². The van der Waals surface area contributed by atoms with Gasteiger partial charge in [0, 0.05) is 24.3 Å². The lowest BCUT2D eigenvalue weighted by Crippen LogP contribution is -2.44. The van der Waals surface area contributed by atoms with Crippen molar-refractivity contribution in [1.29, 1.82) is 0 Å². The Morgan fingerprint density at radius 3 is 2.78 bits per heavy atom. The average molecular weight is 363 g/mol. The van der Waals surface area contributed by atoms with Crippen molar-refractivity contribution >= 4 is 29.1 Å². The second-order valence-electron chi connectivity index (χ2n) is 6.89. The number of benzene rings is 2. The summed E-state index contributed by atoms with van der Waals surface area (Å²) in [5.74, 6) is -1.19. The molecule has 2 heterocycles. The van der Waals surface area contributed by atoms with Crippen LogP contribution in [-0.2, 0) is 20.8 Å². The van der Waals surface area contributed by atoms with Crippen LogP contribution in [0.3, 0.4) is 0 Å². The molecule has 0 bridgehead atoms. The number of rotatable bonds is 3. The number of para-hydroxylation sites is 2. The van der Waals surface area contributed by atoms with E-state index in [1.54, 1.807) is 11.0 Å². The number of carbonyl (C=O) groups excluding carboxylic acids is 3. The molecule has 0 aliphatic carbocycles. The van der Waals surface area contributed by atoms with Gasteiger partial charge in [0.25, 0.3) is 0 Å². The third kappa shape index (κ3) is 3.43. The second kappa shape index (κ2) is 7.23. The van der Waals surface area contributed by atoms with Crippen molar-refractivity contribution in [3.63, 3.8) is 0 Å². The van der Waals surface area contributed by atoms with E-state index in [0.29, 0.717) is 12.2 Å². The van der Waals surface area contributed by atoms with Crippen LogP contribution in [0.15, 0.2) is 48.5 Å². The fourth-order valence-electron chi connectivity index (χ4n) is 3.82. The number of nitrogens with one attached hydrogen (secondary N) is 2. The molecule has 4 rings (SSSR count).